The van der Waals surface area contributed by atoms with Crippen LogP contribution in [0.15, 0.2) is 11.4 Å². The summed E-state index contributed by atoms with van der Waals surface area (Å²) in [6, 6.07) is 2.05. The number of aliphatic hydroxyl groups is 1. The number of hydrogen-bond acceptors (Lipinski definition) is 4. The highest BCUT2D eigenvalue weighted by molar-refractivity contribution is 7.10. The molecule has 96 valence electrons. The van der Waals surface area contributed by atoms with E-state index in [1.165, 1.54) is 10.4 Å². The summed E-state index contributed by atoms with van der Waals surface area (Å²) in [5, 5.41) is 13.8. The molecule has 2 N–H and O–H groups in total. The molecule has 1 aromatic rings. The Balaban J connectivity index is 2.32. The number of amides is 1. The van der Waals surface area contributed by atoms with Crippen molar-refractivity contribution in [3.05, 3.63) is 21.9 Å². The zero-order chi connectivity index (χ0) is 12.7. The smallest absolute Gasteiger partial charge is 0.234 e. The van der Waals surface area contributed by atoms with E-state index in [1.807, 2.05) is 24.1 Å². The summed E-state index contributed by atoms with van der Waals surface area (Å²) in [5.41, 5.74) is 1.22. The topological polar surface area (TPSA) is 52.6 Å². The molecule has 0 bridgehead atoms. The lowest BCUT2D eigenvalue weighted by Crippen LogP contribution is -2.38. The van der Waals surface area contributed by atoms with E-state index in [2.05, 4.69) is 11.4 Å². The van der Waals surface area contributed by atoms with Crippen LogP contribution < -0.4 is 5.32 Å². The maximum Gasteiger partial charge on any atom is 0.234 e. The van der Waals surface area contributed by atoms with Crippen LogP contribution in [0, 0.1) is 6.92 Å². The predicted molar refractivity (Wildman–Crippen MR) is 70.1 cm³/mol. The third-order valence-electron chi connectivity index (χ3n) is 2.64. The molecular formula is C12H20N2O2S. The van der Waals surface area contributed by atoms with Gasteiger partial charge in [0.25, 0.3) is 0 Å². The summed E-state index contributed by atoms with van der Waals surface area (Å²) < 4.78 is 0. The standard InChI is InChI=1S/C12H20N2O2S/c1-3-14(5-6-15)9-12(16)13-8-11-10(2)4-7-17-11/h4,7,15H,3,5-6,8-9H2,1-2H3,(H,13,16). The molecule has 0 aliphatic carbocycles. The van der Waals surface area contributed by atoms with Gasteiger partial charge in [0.2, 0.25) is 5.91 Å². The summed E-state index contributed by atoms with van der Waals surface area (Å²) in [4.78, 5) is 14.8. The third kappa shape index (κ3) is 4.85. The average Bonchev–Trinajstić information content (AvgIpc) is 2.71. The zero-order valence-corrected chi connectivity index (χ0v) is 11.2. The quantitative estimate of drug-likeness (QED) is 0.765. The van der Waals surface area contributed by atoms with Crippen molar-refractivity contribution in [1.29, 1.82) is 0 Å². The van der Waals surface area contributed by atoms with E-state index in [9.17, 15) is 4.79 Å². The molecule has 0 atom stereocenters. The van der Waals surface area contributed by atoms with Gasteiger partial charge in [0.1, 0.15) is 0 Å². The minimum Gasteiger partial charge on any atom is -0.395 e. The number of nitrogens with one attached hydrogen (secondary N) is 1. The summed E-state index contributed by atoms with van der Waals surface area (Å²) in [7, 11) is 0. The van der Waals surface area contributed by atoms with E-state index in [0.29, 0.717) is 19.6 Å². The number of nitrogens with zero attached hydrogens (tertiary/aromatic N) is 1. The minimum atomic E-state index is 0.00750. The van der Waals surface area contributed by atoms with E-state index < -0.39 is 0 Å². The van der Waals surface area contributed by atoms with Gasteiger partial charge in [-0.1, -0.05) is 6.92 Å². The molecule has 0 aliphatic rings. The molecule has 0 aliphatic heterocycles. The zero-order valence-electron chi connectivity index (χ0n) is 10.4. The summed E-state index contributed by atoms with van der Waals surface area (Å²) >= 11 is 1.66. The van der Waals surface area contributed by atoms with E-state index in [4.69, 9.17) is 5.11 Å². The number of thiophene rings is 1. The van der Waals surface area contributed by atoms with Gasteiger partial charge in [-0.15, -0.1) is 11.3 Å². The van der Waals surface area contributed by atoms with E-state index in [-0.39, 0.29) is 12.5 Å². The second kappa shape index (κ2) is 7.42. The SMILES string of the molecule is CCN(CCO)CC(=O)NCc1sccc1C. The molecule has 0 aromatic carbocycles. The van der Waals surface area contributed by atoms with Gasteiger partial charge in [-0.2, -0.15) is 0 Å². The molecule has 5 heteroatoms. The second-order valence-corrected chi connectivity index (χ2v) is 4.90. The van der Waals surface area contributed by atoms with Crippen LogP contribution in [-0.4, -0.2) is 42.2 Å². The highest BCUT2D eigenvalue weighted by Crippen LogP contribution is 2.14. The van der Waals surface area contributed by atoms with Crippen molar-refractivity contribution in [1.82, 2.24) is 10.2 Å². The normalized spacial score (nSPS) is 10.8. The molecule has 0 radical (unpaired) electrons. The molecule has 0 fully saturated rings. The highest BCUT2D eigenvalue weighted by Gasteiger charge is 2.08. The van der Waals surface area contributed by atoms with Crippen molar-refractivity contribution in [3.63, 3.8) is 0 Å². The van der Waals surface area contributed by atoms with Gasteiger partial charge in [-0.25, -0.2) is 0 Å². The number of aliphatic hydroxyl groups excluding tert-OH is 1. The van der Waals surface area contributed by atoms with Crippen LogP contribution in [0.25, 0.3) is 0 Å². The number of hydrogen-bond donors (Lipinski definition) is 2. The molecule has 0 saturated heterocycles. The van der Waals surface area contributed by atoms with Crippen LogP contribution in [0.2, 0.25) is 0 Å². The summed E-state index contributed by atoms with van der Waals surface area (Å²) in [6.45, 7) is 6.37. The molecule has 0 unspecified atom stereocenters. The molecule has 1 amide bonds. The van der Waals surface area contributed by atoms with Crippen molar-refractivity contribution in [2.45, 2.75) is 20.4 Å². The van der Waals surface area contributed by atoms with Gasteiger partial charge in [0, 0.05) is 11.4 Å². The Morgan fingerprint density at radius 2 is 2.35 bits per heavy atom. The molecule has 1 aromatic heterocycles. The second-order valence-electron chi connectivity index (χ2n) is 3.90. The first-order valence-electron chi connectivity index (χ1n) is 5.80. The van der Waals surface area contributed by atoms with Gasteiger partial charge in [0.05, 0.1) is 19.7 Å². The predicted octanol–water partition coefficient (Wildman–Crippen LogP) is 0.987. The fourth-order valence-electron chi connectivity index (χ4n) is 1.51. The van der Waals surface area contributed by atoms with Crippen LogP contribution in [0.4, 0.5) is 0 Å². The number of carbonyl (C=O) groups is 1. The van der Waals surface area contributed by atoms with Crippen LogP contribution in [0.5, 0.6) is 0 Å². The van der Waals surface area contributed by atoms with Crippen LogP contribution in [0.1, 0.15) is 17.4 Å². The number of rotatable bonds is 7. The van der Waals surface area contributed by atoms with Crippen LogP contribution in [0.3, 0.4) is 0 Å². The number of carbonyl (C=O) groups excluding carboxylic acids is 1. The largest absolute Gasteiger partial charge is 0.395 e. The molecular weight excluding hydrogens is 236 g/mol. The molecule has 0 saturated carbocycles. The maximum absolute atomic E-state index is 11.7. The molecule has 17 heavy (non-hydrogen) atoms. The molecule has 1 rings (SSSR count). The average molecular weight is 256 g/mol. The Morgan fingerprint density at radius 1 is 1.59 bits per heavy atom. The van der Waals surface area contributed by atoms with Gasteiger partial charge >= 0.3 is 0 Å². The third-order valence-corrected chi connectivity index (χ3v) is 3.67. The van der Waals surface area contributed by atoms with E-state index in [1.54, 1.807) is 11.3 Å². The number of likely N-dealkylation sites (N-methyl/N-ethyl adjacent to an activating group) is 1. The van der Waals surface area contributed by atoms with Crippen LogP contribution in [-0.2, 0) is 11.3 Å². The summed E-state index contributed by atoms with van der Waals surface area (Å²) in [5.74, 6) is 0.00750. The molecule has 4 nitrogen and oxygen atoms in total. The van der Waals surface area contributed by atoms with E-state index in [0.717, 1.165) is 6.54 Å². The maximum atomic E-state index is 11.7. The molecule has 1 heterocycles. The first kappa shape index (κ1) is 14.2. The highest BCUT2D eigenvalue weighted by atomic mass is 32.1. The Hall–Kier alpha value is -0.910. The van der Waals surface area contributed by atoms with Gasteiger partial charge in [-0.3, -0.25) is 9.69 Å². The van der Waals surface area contributed by atoms with Gasteiger partial charge < -0.3 is 10.4 Å². The Morgan fingerprint density at radius 3 is 2.88 bits per heavy atom. The lowest BCUT2D eigenvalue weighted by molar-refractivity contribution is -0.122. The van der Waals surface area contributed by atoms with Crippen molar-refractivity contribution >= 4 is 17.2 Å². The Bertz CT molecular complexity index is 352. The monoisotopic (exact) mass is 256 g/mol. The lowest BCUT2D eigenvalue weighted by Gasteiger charge is -2.18. The number of aryl methyl sites for hydroxylation is 1. The minimum absolute atomic E-state index is 0.00750. The van der Waals surface area contributed by atoms with Gasteiger partial charge in [0.15, 0.2) is 0 Å². The van der Waals surface area contributed by atoms with Crippen molar-refractivity contribution in [2.24, 2.45) is 0 Å². The van der Waals surface area contributed by atoms with Crippen molar-refractivity contribution in [2.75, 3.05) is 26.2 Å². The Kier molecular flexibility index (Phi) is 6.18. The van der Waals surface area contributed by atoms with Crippen LogP contribution >= 0.6 is 11.3 Å². The fraction of sp³-hybridized carbons (Fsp3) is 0.583. The van der Waals surface area contributed by atoms with E-state index >= 15 is 0 Å². The van der Waals surface area contributed by atoms with Crippen molar-refractivity contribution < 1.29 is 9.90 Å². The van der Waals surface area contributed by atoms with Crippen molar-refractivity contribution in [3.8, 4) is 0 Å². The molecule has 0 spiro atoms. The lowest BCUT2D eigenvalue weighted by atomic mass is 10.3. The summed E-state index contributed by atoms with van der Waals surface area (Å²) in [6.07, 6.45) is 0. The Labute approximate surface area is 106 Å². The first-order valence-corrected chi connectivity index (χ1v) is 6.68. The van der Waals surface area contributed by atoms with Gasteiger partial charge in [-0.05, 0) is 30.5 Å². The first-order chi connectivity index (χ1) is 8.17. The fourth-order valence-corrected chi connectivity index (χ4v) is 2.36.